The first-order valence-electron chi connectivity index (χ1n) is 11.8. The van der Waals surface area contributed by atoms with Crippen molar-refractivity contribution in [1.82, 2.24) is 0 Å². The van der Waals surface area contributed by atoms with E-state index in [0.29, 0.717) is 25.7 Å². The highest BCUT2D eigenvalue weighted by molar-refractivity contribution is 9.09. The van der Waals surface area contributed by atoms with Crippen molar-refractivity contribution >= 4 is 33.5 Å². The van der Waals surface area contributed by atoms with Crippen molar-refractivity contribution in [2.45, 2.75) is 90.0 Å². The molecule has 0 aromatic heterocycles. The molecule has 0 amide bonds. The van der Waals surface area contributed by atoms with Gasteiger partial charge in [0.15, 0.2) is 17.2 Å². The van der Waals surface area contributed by atoms with Crippen LogP contribution in [0.4, 0.5) is 4.39 Å². The Morgan fingerprint density at radius 3 is 2.59 bits per heavy atom. The van der Waals surface area contributed by atoms with Gasteiger partial charge in [0, 0.05) is 35.5 Å². The molecule has 0 aliphatic heterocycles. The number of carbonyl (C=O) groups excluding carboxylic acids is 3. The van der Waals surface area contributed by atoms with Crippen LogP contribution < -0.4 is 0 Å². The number of allylic oxidation sites excluding steroid dienone is 1. The average Bonchev–Trinajstić information content (AvgIpc) is 2.96. The maximum atomic E-state index is 17.3. The Bertz CT molecular complexity index is 888. The summed E-state index contributed by atoms with van der Waals surface area (Å²) >= 11 is 3.28. The lowest BCUT2D eigenvalue weighted by Gasteiger charge is -2.63. The van der Waals surface area contributed by atoms with Crippen molar-refractivity contribution in [3.05, 3.63) is 11.6 Å². The first kappa shape index (κ1) is 24.1. The number of esters is 1. The molecule has 7 heteroatoms. The molecule has 5 nitrogen and oxygen atoms in total. The summed E-state index contributed by atoms with van der Waals surface area (Å²) in [7, 11) is 0. The standard InChI is InChI=1S/C25H34BrFO5/c1-5-21(31)32-25(20(30)13-26)14(2)10-18-17-7-6-15-11-16(28)8-9-22(15,3)24(17,27)19(29)12-23(18,25)4/h11,14,17-19,29H,5-10,12-13H2,1-4H3/t14-,17-,18-,19-,22-,23-,24-,25+/m0/s1. The predicted molar refractivity (Wildman–Crippen MR) is 121 cm³/mol. The summed E-state index contributed by atoms with van der Waals surface area (Å²) in [6, 6.07) is 0. The van der Waals surface area contributed by atoms with Crippen molar-refractivity contribution in [1.29, 1.82) is 0 Å². The Morgan fingerprint density at radius 2 is 1.97 bits per heavy atom. The molecule has 1 N–H and O–H groups in total. The molecule has 8 atom stereocenters. The molecule has 0 aromatic carbocycles. The van der Waals surface area contributed by atoms with Crippen molar-refractivity contribution < 1.29 is 28.6 Å². The quantitative estimate of drug-likeness (QED) is 0.443. The van der Waals surface area contributed by atoms with Crippen LogP contribution in [0.5, 0.6) is 0 Å². The fourth-order valence-electron chi connectivity index (χ4n) is 8.11. The van der Waals surface area contributed by atoms with Gasteiger partial charge in [0.25, 0.3) is 0 Å². The second-order valence-corrected chi connectivity index (χ2v) is 11.4. The lowest BCUT2D eigenvalue weighted by atomic mass is 9.43. The van der Waals surface area contributed by atoms with E-state index in [1.54, 1.807) is 13.0 Å². The molecule has 0 aromatic rings. The summed E-state index contributed by atoms with van der Waals surface area (Å²) in [6.45, 7) is 7.37. The molecule has 3 fully saturated rings. The third-order valence-corrected chi connectivity index (χ3v) is 10.2. The van der Waals surface area contributed by atoms with E-state index in [0.717, 1.165) is 5.57 Å². The number of ketones is 2. The second-order valence-electron chi connectivity index (χ2n) is 10.9. The molecule has 0 unspecified atom stereocenters. The van der Waals surface area contributed by atoms with Crippen molar-refractivity contribution in [2.24, 2.45) is 28.6 Å². The van der Waals surface area contributed by atoms with Crippen LogP contribution in [0.15, 0.2) is 11.6 Å². The largest absolute Gasteiger partial charge is 0.450 e. The molecule has 0 spiro atoms. The summed E-state index contributed by atoms with van der Waals surface area (Å²) in [4.78, 5) is 37.9. The highest BCUT2D eigenvalue weighted by atomic mass is 79.9. The van der Waals surface area contributed by atoms with Gasteiger partial charge in [-0.05, 0) is 44.1 Å². The van der Waals surface area contributed by atoms with Gasteiger partial charge in [0.1, 0.15) is 5.67 Å². The molecular formula is C25H34BrFO5. The predicted octanol–water partition coefficient (Wildman–Crippen LogP) is 4.48. The Morgan fingerprint density at radius 1 is 1.28 bits per heavy atom. The zero-order chi connectivity index (χ0) is 23.7. The maximum Gasteiger partial charge on any atom is 0.306 e. The van der Waals surface area contributed by atoms with E-state index < -0.39 is 40.1 Å². The van der Waals surface area contributed by atoms with Gasteiger partial charge in [-0.25, -0.2) is 4.39 Å². The summed E-state index contributed by atoms with van der Waals surface area (Å²) in [6.07, 6.45) is 2.82. The van der Waals surface area contributed by atoms with Crippen molar-refractivity contribution in [3.8, 4) is 0 Å². The van der Waals surface area contributed by atoms with Crippen LogP contribution in [0.1, 0.15) is 72.6 Å². The van der Waals surface area contributed by atoms with Gasteiger partial charge in [-0.3, -0.25) is 14.4 Å². The lowest BCUT2D eigenvalue weighted by Crippen LogP contribution is -2.70. The molecule has 4 aliphatic carbocycles. The highest BCUT2D eigenvalue weighted by Crippen LogP contribution is 2.72. The van der Waals surface area contributed by atoms with E-state index in [2.05, 4.69) is 15.9 Å². The molecule has 4 rings (SSSR count). The molecule has 178 valence electrons. The number of hydrogen-bond donors (Lipinski definition) is 1. The van der Waals surface area contributed by atoms with Crippen LogP contribution in [0, 0.1) is 28.6 Å². The van der Waals surface area contributed by atoms with Crippen LogP contribution in [0.3, 0.4) is 0 Å². The van der Waals surface area contributed by atoms with Crippen LogP contribution in [0.2, 0.25) is 0 Å². The van der Waals surface area contributed by atoms with Gasteiger partial charge >= 0.3 is 5.97 Å². The maximum absolute atomic E-state index is 17.3. The SMILES string of the molecule is CCC(=O)O[C@@]1(C(=O)CBr)[C@@H](C)C[C@H]2[C@@H]3CCC4=CC(=O)CC[C@]4(C)[C@@]3(F)[C@@H](O)C[C@@]21C. The van der Waals surface area contributed by atoms with Crippen LogP contribution in [0.25, 0.3) is 0 Å². The van der Waals surface area contributed by atoms with E-state index in [1.165, 1.54) is 0 Å². The highest BCUT2D eigenvalue weighted by Gasteiger charge is 2.77. The van der Waals surface area contributed by atoms with Gasteiger partial charge < -0.3 is 9.84 Å². The smallest absolute Gasteiger partial charge is 0.306 e. The number of ether oxygens (including phenoxy) is 1. The van der Waals surface area contributed by atoms with Gasteiger partial charge in [0.05, 0.1) is 11.4 Å². The topological polar surface area (TPSA) is 80.7 Å². The van der Waals surface area contributed by atoms with Gasteiger partial charge in [-0.15, -0.1) is 0 Å². The van der Waals surface area contributed by atoms with E-state index in [9.17, 15) is 19.5 Å². The van der Waals surface area contributed by atoms with Crippen LogP contribution in [-0.2, 0) is 19.1 Å². The number of Topliss-reactive ketones (excluding diaryl/α,β-unsaturated/α-hetero) is 1. The monoisotopic (exact) mass is 512 g/mol. The third-order valence-electron chi connectivity index (χ3n) is 9.68. The number of rotatable bonds is 4. The number of hydrogen-bond acceptors (Lipinski definition) is 5. The zero-order valence-electron chi connectivity index (χ0n) is 19.4. The van der Waals surface area contributed by atoms with Gasteiger partial charge in [-0.2, -0.15) is 0 Å². The minimum atomic E-state index is -1.88. The normalized spacial score (nSPS) is 47.7. The third kappa shape index (κ3) is 2.79. The molecule has 0 radical (unpaired) electrons. The minimum Gasteiger partial charge on any atom is -0.450 e. The Balaban J connectivity index is 1.84. The Labute approximate surface area is 197 Å². The van der Waals surface area contributed by atoms with Gasteiger partial charge in [-0.1, -0.05) is 49.2 Å². The van der Waals surface area contributed by atoms with Crippen LogP contribution >= 0.6 is 15.9 Å². The Hall–Kier alpha value is -1.08. The molecule has 3 saturated carbocycles. The summed E-state index contributed by atoms with van der Waals surface area (Å²) in [5.41, 5.74) is -4.25. The first-order valence-corrected chi connectivity index (χ1v) is 13.0. The van der Waals surface area contributed by atoms with E-state index in [1.807, 2.05) is 20.8 Å². The van der Waals surface area contributed by atoms with Crippen molar-refractivity contribution in [3.63, 3.8) is 0 Å². The minimum absolute atomic E-state index is 0.0255. The molecular weight excluding hydrogens is 479 g/mol. The van der Waals surface area contributed by atoms with E-state index >= 15 is 4.39 Å². The van der Waals surface area contributed by atoms with E-state index in [4.69, 9.17) is 4.74 Å². The molecule has 0 saturated heterocycles. The Kier molecular flexibility index (Phi) is 5.81. The number of carbonyl (C=O) groups is 3. The fraction of sp³-hybridized carbons (Fsp3) is 0.800. The van der Waals surface area contributed by atoms with Gasteiger partial charge in [0.2, 0.25) is 0 Å². The zero-order valence-corrected chi connectivity index (χ0v) is 21.0. The molecule has 32 heavy (non-hydrogen) atoms. The number of aliphatic hydroxyl groups is 1. The van der Waals surface area contributed by atoms with Crippen molar-refractivity contribution in [2.75, 3.05) is 5.33 Å². The summed E-state index contributed by atoms with van der Waals surface area (Å²) in [5, 5.41) is 11.5. The number of fused-ring (bicyclic) bond motifs is 5. The number of aliphatic hydroxyl groups excluding tert-OH is 1. The lowest BCUT2D eigenvalue weighted by molar-refractivity contribution is -0.234. The van der Waals surface area contributed by atoms with Crippen LogP contribution in [-0.4, -0.2) is 45.3 Å². The summed E-state index contributed by atoms with van der Waals surface area (Å²) in [5.74, 6) is -1.62. The molecule has 4 aliphatic rings. The number of alkyl halides is 2. The first-order chi connectivity index (χ1) is 14.9. The van der Waals surface area contributed by atoms with E-state index in [-0.39, 0.29) is 48.0 Å². The fourth-order valence-corrected chi connectivity index (χ4v) is 8.53. The average molecular weight is 513 g/mol. The summed E-state index contributed by atoms with van der Waals surface area (Å²) < 4.78 is 23.2. The molecule has 0 bridgehead atoms. The molecule has 0 heterocycles. The second kappa shape index (κ2) is 7.72. The number of halogens is 2.